The molecule has 0 aromatic heterocycles. The van der Waals surface area contributed by atoms with Crippen molar-refractivity contribution >= 4 is 42.6 Å². The van der Waals surface area contributed by atoms with E-state index in [1.807, 2.05) is 31.2 Å². The van der Waals surface area contributed by atoms with E-state index in [4.69, 9.17) is 0 Å². The summed E-state index contributed by atoms with van der Waals surface area (Å²) in [6.07, 6.45) is 0. The summed E-state index contributed by atoms with van der Waals surface area (Å²) >= 11 is 7.33. The van der Waals surface area contributed by atoms with Gasteiger partial charge in [0.1, 0.15) is 5.82 Å². The first-order valence-corrected chi connectivity index (χ1v) is 8.36. The Morgan fingerprint density at radius 2 is 1.62 bits per heavy atom. The maximum atomic E-state index is 13.6. The lowest BCUT2D eigenvalue weighted by Gasteiger charge is -2.17. The molecule has 0 saturated carbocycles. The van der Waals surface area contributed by atoms with Crippen molar-refractivity contribution in [3.63, 3.8) is 0 Å². The first-order valence-electron chi connectivity index (χ1n) is 6.65. The Morgan fingerprint density at radius 3 is 2.38 bits per heavy atom. The number of halogens is 3. The van der Waals surface area contributed by atoms with Crippen LogP contribution in [0, 0.1) is 12.7 Å². The highest BCUT2D eigenvalue weighted by atomic mass is 79.9. The van der Waals surface area contributed by atoms with Crippen LogP contribution in [0.4, 0.5) is 4.39 Å². The average Bonchev–Trinajstić information content (AvgIpc) is 2.50. The summed E-state index contributed by atoms with van der Waals surface area (Å²) < 4.78 is 14.6. The second-order valence-corrected chi connectivity index (χ2v) is 6.82. The van der Waals surface area contributed by atoms with Crippen LogP contribution >= 0.6 is 31.9 Å². The van der Waals surface area contributed by atoms with Crippen LogP contribution in [0.5, 0.6) is 0 Å². The SMILES string of the molecule is Cc1ccc(F)cc1C(Br)c1ccc(Br)c2ccccc12. The van der Waals surface area contributed by atoms with Gasteiger partial charge in [0.05, 0.1) is 4.83 Å². The summed E-state index contributed by atoms with van der Waals surface area (Å²) in [6, 6.07) is 17.3. The van der Waals surface area contributed by atoms with Crippen molar-refractivity contribution in [2.75, 3.05) is 0 Å². The van der Waals surface area contributed by atoms with Gasteiger partial charge in [-0.3, -0.25) is 0 Å². The highest BCUT2D eigenvalue weighted by molar-refractivity contribution is 9.10. The van der Waals surface area contributed by atoms with Gasteiger partial charge in [-0.1, -0.05) is 68.3 Å². The monoisotopic (exact) mass is 406 g/mol. The predicted octanol–water partition coefficient (Wildman–Crippen LogP) is 6.53. The van der Waals surface area contributed by atoms with Gasteiger partial charge in [0.15, 0.2) is 0 Å². The molecule has 106 valence electrons. The summed E-state index contributed by atoms with van der Waals surface area (Å²) in [5.41, 5.74) is 3.18. The van der Waals surface area contributed by atoms with Gasteiger partial charge >= 0.3 is 0 Å². The minimum atomic E-state index is -0.207. The molecule has 0 nitrogen and oxygen atoms in total. The van der Waals surface area contributed by atoms with Crippen LogP contribution in [0.2, 0.25) is 0 Å². The van der Waals surface area contributed by atoms with Crippen LogP contribution in [0.15, 0.2) is 59.1 Å². The fourth-order valence-corrected chi connectivity index (χ4v) is 3.93. The largest absolute Gasteiger partial charge is 0.207 e. The lowest BCUT2D eigenvalue weighted by Crippen LogP contribution is -1.98. The molecule has 0 spiro atoms. The van der Waals surface area contributed by atoms with E-state index in [2.05, 4.69) is 50.1 Å². The number of rotatable bonds is 2. The van der Waals surface area contributed by atoms with Crippen LogP contribution in [0.3, 0.4) is 0 Å². The third-order valence-electron chi connectivity index (χ3n) is 3.69. The van der Waals surface area contributed by atoms with Crippen LogP contribution in [0.1, 0.15) is 21.5 Å². The van der Waals surface area contributed by atoms with E-state index in [1.165, 1.54) is 6.07 Å². The zero-order chi connectivity index (χ0) is 15.0. The van der Waals surface area contributed by atoms with E-state index in [9.17, 15) is 4.39 Å². The molecular weight excluding hydrogens is 395 g/mol. The van der Waals surface area contributed by atoms with Crippen LogP contribution in [-0.4, -0.2) is 0 Å². The molecule has 0 aliphatic rings. The van der Waals surface area contributed by atoms with Gasteiger partial charge in [-0.15, -0.1) is 0 Å². The average molecular weight is 408 g/mol. The lowest BCUT2D eigenvalue weighted by molar-refractivity contribution is 0.625. The van der Waals surface area contributed by atoms with E-state index in [0.29, 0.717) is 0 Å². The maximum absolute atomic E-state index is 13.6. The van der Waals surface area contributed by atoms with E-state index in [-0.39, 0.29) is 10.6 Å². The van der Waals surface area contributed by atoms with Crippen LogP contribution in [0.25, 0.3) is 10.8 Å². The Morgan fingerprint density at radius 1 is 0.905 bits per heavy atom. The summed E-state index contributed by atoms with van der Waals surface area (Å²) in [7, 11) is 0. The van der Waals surface area contributed by atoms with Crippen molar-refractivity contribution in [1.82, 2.24) is 0 Å². The van der Waals surface area contributed by atoms with E-state index >= 15 is 0 Å². The van der Waals surface area contributed by atoms with Gasteiger partial charge in [-0.25, -0.2) is 4.39 Å². The van der Waals surface area contributed by atoms with Gasteiger partial charge in [0.2, 0.25) is 0 Å². The molecule has 21 heavy (non-hydrogen) atoms. The second kappa shape index (κ2) is 5.90. The molecule has 3 aromatic carbocycles. The Labute approximate surface area is 140 Å². The summed E-state index contributed by atoms with van der Waals surface area (Å²) in [5, 5.41) is 2.32. The standard InChI is InChI=1S/C18H13Br2F/c1-11-6-7-12(21)10-16(11)18(20)15-8-9-17(19)14-5-3-2-4-13(14)15/h2-10,18H,1H3. The van der Waals surface area contributed by atoms with Gasteiger partial charge in [0.25, 0.3) is 0 Å². The van der Waals surface area contributed by atoms with Crippen LogP contribution < -0.4 is 0 Å². The zero-order valence-corrected chi connectivity index (χ0v) is 14.6. The molecule has 0 fully saturated rings. The Kier molecular flexibility index (Phi) is 4.14. The lowest BCUT2D eigenvalue weighted by atomic mass is 9.96. The minimum absolute atomic E-state index is 0.0359. The molecule has 0 radical (unpaired) electrons. The number of hydrogen-bond acceptors (Lipinski definition) is 0. The molecule has 3 aromatic rings. The molecule has 0 aliphatic carbocycles. The normalized spacial score (nSPS) is 12.6. The number of benzene rings is 3. The first kappa shape index (κ1) is 14.7. The van der Waals surface area contributed by atoms with Gasteiger partial charge in [-0.05, 0) is 52.6 Å². The van der Waals surface area contributed by atoms with Crippen molar-refractivity contribution in [2.24, 2.45) is 0 Å². The number of aryl methyl sites for hydroxylation is 1. The summed E-state index contributed by atoms with van der Waals surface area (Å²) in [5.74, 6) is -0.207. The third kappa shape index (κ3) is 2.77. The predicted molar refractivity (Wildman–Crippen MR) is 93.6 cm³/mol. The van der Waals surface area contributed by atoms with Gasteiger partial charge < -0.3 is 0 Å². The molecule has 3 heteroatoms. The molecular formula is C18H13Br2F. The van der Waals surface area contributed by atoms with Crippen molar-refractivity contribution in [3.05, 3.63) is 81.6 Å². The highest BCUT2D eigenvalue weighted by Gasteiger charge is 2.16. The summed E-state index contributed by atoms with van der Waals surface area (Å²) in [6.45, 7) is 2.00. The molecule has 1 unspecified atom stereocenters. The zero-order valence-electron chi connectivity index (χ0n) is 11.4. The second-order valence-electron chi connectivity index (χ2n) is 5.05. The highest BCUT2D eigenvalue weighted by Crippen LogP contribution is 2.38. The number of hydrogen-bond donors (Lipinski definition) is 0. The maximum Gasteiger partial charge on any atom is 0.123 e. The minimum Gasteiger partial charge on any atom is -0.207 e. The molecule has 0 saturated heterocycles. The summed E-state index contributed by atoms with van der Waals surface area (Å²) in [4.78, 5) is -0.0359. The van der Waals surface area contributed by atoms with Crippen molar-refractivity contribution in [3.8, 4) is 0 Å². The van der Waals surface area contributed by atoms with Gasteiger partial charge in [-0.2, -0.15) is 0 Å². The van der Waals surface area contributed by atoms with Crippen molar-refractivity contribution < 1.29 is 4.39 Å². The molecule has 0 heterocycles. The van der Waals surface area contributed by atoms with E-state index < -0.39 is 0 Å². The van der Waals surface area contributed by atoms with E-state index in [0.717, 1.165) is 31.9 Å². The fourth-order valence-electron chi connectivity index (χ4n) is 2.56. The van der Waals surface area contributed by atoms with Crippen molar-refractivity contribution in [2.45, 2.75) is 11.8 Å². The molecule has 1 atom stereocenters. The Hall–Kier alpha value is -1.19. The smallest absolute Gasteiger partial charge is 0.123 e. The molecule has 0 amide bonds. The van der Waals surface area contributed by atoms with Crippen molar-refractivity contribution in [1.29, 1.82) is 0 Å². The topological polar surface area (TPSA) is 0 Å². The molecule has 0 bridgehead atoms. The Balaban J connectivity index is 2.20. The number of fused-ring (bicyclic) bond motifs is 1. The first-order chi connectivity index (χ1) is 10.1. The fraction of sp³-hybridized carbons (Fsp3) is 0.111. The van der Waals surface area contributed by atoms with Crippen LogP contribution in [-0.2, 0) is 0 Å². The molecule has 3 rings (SSSR count). The van der Waals surface area contributed by atoms with E-state index in [1.54, 1.807) is 6.07 Å². The Bertz CT molecular complexity index is 811. The molecule has 0 N–H and O–H groups in total. The third-order valence-corrected chi connectivity index (χ3v) is 5.37. The molecule has 0 aliphatic heterocycles. The number of alkyl halides is 1. The van der Waals surface area contributed by atoms with Gasteiger partial charge in [0, 0.05) is 4.47 Å². The quantitative estimate of drug-likeness (QED) is 0.423.